The Morgan fingerprint density at radius 1 is 1.14 bits per heavy atom. The van der Waals surface area contributed by atoms with Crippen molar-refractivity contribution in [3.63, 3.8) is 0 Å². The summed E-state index contributed by atoms with van der Waals surface area (Å²) in [7, 11) is 0. The summed E-state index contributed by atoms with van der Waals surface area (Å²) >= 11 is 9.31. The number of pyridine rings is 1. The zero-order chi connectivity index (χ0) is 20.2. The lowest BCUT2D eigenvalue weighted by atomic mass is 10.1. The van der Waals surface area contributed by atoms with Crippen LogP contribution in [0.3, 0.4) is 0 Å². The van der Waals surface area contributed by atoms with Crippen molar-refractivity contribution in [2.45, 2.75) is 17.0 Å². The predicted octanol–water partition coefficient (Wildman–Crippen LogP) is 4.75. The zero-order valence-electron chi connectivity index (χ0n) is 16.0. The van der Waals surface area contributed by atoms with Gasteiger partial charge in [0, 0.05) is 54.8 Å². The number of hydrogen-bond donors (Lipinski definition) is 0. The van der Waals surface area contributed by atoms with Gasteiger partial charge in [0.1, 0.15) is 10.2 Å². The zero-order valence-corrected chi connectivity index (χ0v) is 18.4. The van der Waals surface area contributed by atoms with Gasteiger partial charge in [0.2, 0.25) is 0 Å². The number of aryl methyl sites for hydroxylation is 1. The molecule has 150 valence electrons. The topological polar surface area (TPSA) is 49.3 Å². The second kappa shape index (κ2) is 9.15. The second-order valence-electron chi connectivity index (χ2n) is 6.85. The van der Waals surface area contributed by atoms with Gasteiger partial charge in [-0.05, 0) is 36.8 Å². The van der Waals surface area contributed by atoms with Gasteiger partial charge < -0.3 is 9.80 Å². The summed E-state index contributed by atoms with van der Waals surface area (Å²) in [6.07, 6.45) is 1.66. The number of carbonyl (C=O) groups excluding carboxylic acids is 1. The molecule has 0 spiro atoms. The molecule has 2 aromatic heterocycles. The quantitative estimate of drug-likeness (QED) is 0.531. The number of piperazine rings is 1. The van der Waals surface area contributed by atoms with E-state index in [0.29, 0.717) is 18.1 Å². The number of halogens is 1. The minimum absolute atomic E-state index is 0.0865. The average molecular weight is 445 g/mol. The molecule has 0 bridgehead atoms. The maximum absolute atomic E-state index is 12.8. The van der Waals surface area contributed by atoms with E-state index in [4.69, 9.17) is 11.6 Å². The third kappa shape index (κ3) is 5.10. The molecular weight excluding hydrogens is 424 g/mol. The lowest BCUT2D eigenvalue weighted by Crippen LogP contribution is -2.49. The molecule has 0 radical (unpaired) electrons. The molecule has 3 aromatic rings. The Labute approximate surface area is 183 Å². The molecule has 0 saturated carbocycles. The van der Waals surface area contributed by atoms with Crippen molar-refractivity contribution in [1.82, 2.24) is 14.9 Å². The SMILES string of the molecule is Cc1csc(SCc2ccc(C(=O)N3CCN(c4ccc(Cl)cn4)CC3)cc2)n1. The number of thioether (sulfide) groups is 1. The van der Waals surface area contributed by atoms with Crippen LogP contribution in [0, 0.1) is 6.92 Å². The Balaban J connectivity index is 1.31. The third-order valence-corrected chi connectivity index (χ3v) is 7.20. The molecule has 1 fully saturated rings. The van der Waals surface area contributed by atoms with Crippen molar-refractivity contribution in [3.05, 3.63) is 69.8 Å². The molecule has 4 rings (SSSR count). The Morgan fingerprint density at radius 2 is 1.90 bits per heavy atom. The summed E-state index contributed by atoms with van der Waals surface area (Å²) in [5.74, 6) is 1.84. The summed E-state index contributed by atoms with van der Waals surface area (Å²) < 4.78 is 1.08. The molecule has 29 heavy (non-hydrogen) atoms. The van der Waals surface area contributed by atoms with Crippen LogP contribution in [-0.2, 0) is 5.75 Å². The Kier molecular flexibility index (Phi) is 6.37. The van der Waals surface area contributed by atoms with Gasteiger partial charge in [-0.3, -0.25) is 4.79 Å². The highest BCUT2D eigenvalue weighted by atomic mass is 35.5. The van der Waals surface area contributed by atoms with E-state index in [-0.39, 0.29) is 5.91 Å². The van der Waals surface area contributed by atoms with E-state index in [1.165, 1.54) is 5.56 Å². The third-order valence-electron chi connectivity index (χ3n) is 4.76. The minimum atomic E-state index is 0.0865. The van der Waals surface area contributed by atoms with E-state index < -0.39 is 0 Å². The fraction of sp³-hybridized carbons (Fsp3) is 0.286. The normalized spacial score (nSPS) is 14.3. The van der Waals surface area contributed by atoms with E-state index in [1.54, 1.807) is 29.3 Å². The van der Waals surface area contributed by atoms with E-state index in [9.17, 15) is 4.79 Å². The van der Waals surface area contributed by atoms with Crippen molar-refractivity contribution in [2.75, 3.05) is 31.1 Å². The highest BCUT2D eigenvalue weighted by Crippen LogP contribution is 2.26. The molecule has 3 heterocycles. The summed E-state index contributed by atoms with van der Waals surface area (Å²) in [4.78, 5) is 25.8. The van der Waals surface area contributed by atoms with Crippen LogP contribution in [0.1, 0.15) is 21.6 Å². The highest BCUT2D eigenvalue weighted by Gasteiger charge is 2.22. The largest absolute Gasteiger partial charge is 0.353 e. The molecule has 0 aliphatic carbocycles. The van der Waals surface area contributed by atoms with Crippen molar-refractivity contribution in [1.29, 1.82) is 0 Å². The molecule has 1 aromatic carbocycles. The van der Waals surface area contributed by atoms with Gasteiger partial charge in [0.05, 0.1) is 5.02 Å². The Bertz CT molecular complexity index is 967. The van der Waals surface area contributed by atoms with Crippen molar-refractivity contribution in [3.8, 4) is 0 Å². The number of hydrogen-bond acceptors (Lipinski definition) is 6. The summed E-state index contributed by atoms with van der Waals surface area (Å²) in [6.45, 7) is 4.91. The molecule has 0 atom stereocenters. The maximum atomic E-state index is 12.8. The van der Waals surface area contributed by atoms with Gasteiger partial charge in [0.15, 0.2) is 0 Å². The number of carbonyl (C=O) groups is 1. The summed E-state index contributed by atoms with van der Waals surface area (Å²) in [5.41, 5.74) is 2.99. The van der Waals surface area contributed by atoms with Gasteiger partial charge in [-0.2, -0.15) is 0 Å². The van der Waals surface area contributed by atoms with Gasteiger partial charge >= 0.3 is 0 Å². The first kappa shape index (κ1) is 20.2. The Hall–Kier alpha value is -2.09. The fourth-order valence-corrected chi connectivity index (χ4v) is 5.08. The average Bonchev–Trinajstić information content (AvgIpc) is 3.18. The van der Waals surface area contributed by atoms with Crippen molar-refractivity contribution in [2.24, 2.45) is 0 Å². The van der Waals surface area contributed by atoms with Crippen LogP contribution < -0.4 is 4.90 Å². The van der Waals surface area contributed by atoms with Crippen molar-refractivity contribution < 1.29 is 4.79 Å². The smallest absolute Gasteiger partial charge is 0.253 e. The van der Waals surface area contributed by atoms with Crippen LogP contribution in [0.25, 0.3) is 0 Å². The number of rotatable bonds is 5. The summed E-state index contributed by atoms with van der Waals surface area (Å²) in [6, 6.07) is 11.7. The summed E-state index contributed by atoms with van der Waals surface area (Å²) in [5, 5.41) is 2.69. The standard InChI is InChI=1S/C21H21ClN4OS2/c1-15-13-28-21(24-15)29-14-16-2-4-17(5-3-16)20(27)26-10-8-25(9-11-26)19-7-6-18(22)12-23-19/h2-7,12-13H,8-11,14H2,1H3. The number of amides is 1. The first-order valence-corrected chi connectivity index (χ1v) is 11.6. The van der Waals surface area contributed by atoms with Gasteiger partial charge in [0.25, 0.3) is 5.91 Å². The maximum Gasteiger partial charge on any atom is 0.253 e. The molecule has 0 unspecified atom stereocenters. The minimum Gasteiger partial charge on any atom is -0.353 e. The van der Waals surface area contributed by atoms with Crippen LogP contribution in [-0.4, -0.2) is 47.0 Å². The van der Waals surface area contributed by atoms with Crippen LogP contribution >= 0.6 is 34.7 Å². The molecule has 5 nitrogen and oxygen atoms in total. The van der Waals surface area contributed by atoms with E-state index in [0.717, 1.165) is 40.3 Å². The van der Waals surface area contributed by atoms with Crippen LogP contribution in [0.4, 0.5) is 5.82 Å². The number of anilines is 1. The van der Waals surface area contributed by atoms with Crippen molar-refractivity contribution >= 4 is 46.4 Å². The molecular formula is C21H21ClN4OS2. The molecule has 8 heteroatoms. The molecule has 1 aliphatic heterocycles. The fourth-order valence-electron chi connectivity index (χ4n) is 3.16. The molecule has 1 saturated heterocycles. The lowest BCUT2D eigenvalue weighted by molar-refractivity contribution is 0.0746. The predicted molar refractivity (Wildman–Crippen MR) is 120 cm³/mol. The lowest BCUT2D eigenvalue weighted by Gasteiger charge is -2.35. The molecule has 1 amide bonds. The van der Waals surface area contributed by atoms with Crippen LogP contribution in [0.15, 0.2) is 52.3 Å². The van der Waals surface area contributed by atoms with E-state index in [1.807, 2.05) is 48.2 Å². The monoisotopic (exact) mass is 444 g/mol. The first-order chi connectivity index (χ1) is 14.1. The second-order valence-corrected chi connectivity index (χ2v) is 9.37. The van der Waals surface area contributed by atoms with E-state index in [2.05, 4.69) is 20.2 Å². The van der Waals surface area contributed by atoms with Gasteiger partial charge in [-0.1, -0.05) is 35.5 Å². The first-order valence-electron chi connectivity index (χ1n) is 9.38. The Morgan fingerprint density at radius 3 is 2.52 bits per heavy atom. The van der Waals surface area contributed by atoms with E-state index >= 15 is 0 Å². The molecule has 1 aliphatic rings. The van der Waals surface area contributed by atoms with Gasteiger partial charge in [-0.25, -0.2) is 9.97 Å². The highest BCUT2D eigenvalue weighted by molar-refractivity contribution is 8.00. The van der Waals surface area contributed by atoms with Crippen LogP contribution in [0.5, 0.6) is 0 Å². The van der Waals surface area contributed by atoms with Crippen LogP contribution in [0.2, 0.25) is 5.02 Å². The number of thiazole rings is 1. The number of aromatic nitrogens is 2. The number of nitrogens with zero attached hydrogens (tertiary/aromatic N) is 4. The van der Waals surface area contributed by atoms with Gasteiger partial charge in [-0.15, -0.1) is 11.3 Å². The molecule has 0 N–H and O–H groups in total. The number of benzene rings is 1.